The Morgan fingerprint density at radius 1 is 1.26 bits per heavy atom. The van der Waals surface area contributed by atoms with Crippen molar-refractivity contribution in [1.29, 1.82) is 0 Å². The van der Waals surface area contributed by atoms with Gasteiger partial charge in [-0.25, -0.2) is 5.06 Å². The molecule has 1 amide bonds. The van der Waals surface area contributed by atoms with E-state index in [2.05, 4.69) is 12.2 Å². The molecule has 0 saturated carbocycles. The molecule has 23 heavy (non-hydrogen) atoms. The van der Waals surface area contributed by atoms with E-state index in [0.29, 0.717) is 18.5 Å². The summed E-state index contributed by atoms with van der Waals surface area (Å²) >= 11 is 0. The van der Waals surface area contributed by atoms with E-state index in [1.165, 1.54) is 0 Å². The number of carbonyl (C=O) groups excluding carboxylic acids is 1. The zero-order chi connectivity index (χ0) is 17.1. The van der Waals surface area contributed by atoms with Crippen LogP contribution in [0.2, 0.25) is 0 Å². The van der Waals surface area contributed by atoms with E-state index in [1.807, 2.05) is 18.2 Å². The number of hydrogen-bond donors (Lipinski definition) is 2. The van der Waals surface area contributed by atoms with E-state index >= 15 is 0 Å². The van der Waals surface area contributed by atoms with Crippen molar-refractivity contribution in [3.63, 3.8) is 0 Å². The van der Waals surface area contributed by atoms with Crippen molar-refractivity contribution in [2.75, 3.05) is 25.5 Å². The molecule has 0 radical (unpaired) electrons. The molecule has 6 nitrogen and oxygen atoms in total. The van der Waals surface area contributed by atoms with Gasteiger partial charge in [0.15, 0.2) is 0 Å². The third-order valence-electron chi connectivity index (χ3n) is 3.39. The number of para-hydroxylation sites is 1. The van der Waals surface area contributed by atoms with Gasteiger partial charge in [0.25, 0.3) is 13.3 Å². The van der Waals surface area contributed by atoms with Crippen LogP contribution in [0, 0.1) is 0 Å². The molecular formula is C16H27N2O4P. The molecule has 0 spiro atoms. The molecule has 130 valence electrons. The van der Waals surface area contributed by atoms with E-state index in [0.717, 1.165) is 24.3 Å². The maximum Gasteiger partial charge on any atom is 0.261 e. The molecule has 0 saturated heterocycles. The highest BCUT2D eigenvalue weighted by Gasteiger charge is 2.22. The third kappa shape index (κ3) is 7.64. The first-order chi connectivity index (χ1) is 11.0. The fourth-order valence-electron chi connectivity index (χ4n) is 1.94. The van der Waals surface area contributed by atoms with E-state index in [9.17, 15) is 14.6 Å². The Balaban J connectivity index is 2.39. The minimum absolute atomic E-state index is 0.0647. The summed E-state index contributed by atoms with van der Waals surface area (Å²) in [7, 11) is -2.90. The number of carbonyl (C=O) groups is 1. The summed E-state index contributed by atoms with van der Waals surface area (Å²) < 4.78 is 18.2. The van der Waals surface area contributed by atoms with E-state index < -0.39 is 13.3 Å². The van der Waals surface area contributed by atoms with Crippen molar-refractivity contribution in [2.45, 2.75) is 33.1 Å². The van der Waals surface area contributed by atoms with Crippen LogP contribution in [0.5, 0.6) is 5.75 Å². The van der Waals surface area contributed by atoms with Crippen molar-refractivity contribution in [3.8, 4) is 5.75 Å². The van der Waals surface area contributed by atoms with Gasteiger partial charge in [-0.1, -0.05) is 44.9 Å². The summed E-state index contributed by atoms with van der Waals surface area (Å²) in [6.45, 7) is 4.10. The SMILES string of the molecule is CCCCCN(O)C(=O)CNCP(=O)(CC)Oc1ccccc1. The van der Waals surface area contributed by atoms with Crippen LogP contribution in [0.4, 0.5) is 0 Å². The summed E-state index contributed by atoms with van der Waals surface area (Å²) in [6, 6.07) is 8.97. The van der Waals surface area contributed by atoms with Gasteiger partial charge in [-0.3, -0.25) is 19.9 Å². The van der Waals surface area contributed by atoms with E-state index in [1.54, 1.807) is 19.1 Å². The van der Waals surface area contributed by atoms with E-state index in [4.69, 9.17) is 4.52 Å². The Morgan fingerprint density at radius 3 is 2.57 bits per heavy atom. The van der Waals surface area contributed by atoms with Crippen molar-refractivity contribution in [2.24, 2.45) is 0 Å². The topological polar surface area (TPSA) is 78.9 Å². The Kier molecular flexibility index (Phi) is 8.92. The molecule has 0 bridgehead atoms. The number of nitrogens with one attached hydrogen (secondary N) is 1. The summed E-state index contributed by atoms with van der Waals surface area (Å²) in [5.74, 6) is 0.123. The molecular weight excluding hydrogens is 315 g/mol. The van der Waals surface area contributed by atoms with Crippen LogP contribution in [-0.4, -0.2) is 41.7 Å². The normalized spacial score (nSPS) is 13.3. The van der Waals surface area contributed by atoms with Crippen molar-refractivity contribution >= 4 is 13.3 Å². The second-order valence-electron chi connectivity index (χ2n) is 5.34. The number of hydroxylamine groups is 2. The Labute approximate surface area is 138 Å². The molecule has 1 atom stereocenters. The Bertz CT molecular complexity index is 510. The first-order valence-electron chi connectivity index (χ1n) is 8.03. The van der Waals surface area contributed by atoms with E-state index in [-0.39, 0.29) is 12.8 Å². The lowest BCUT2D eigenvalue weighted by Crippen LogP contribution is -2.37. The van der Waals surface area contributed by atoms with Gasteiger partial charge in [0, 0.05) is 12.7 Å². The zero-order valence-electron chi connectivity index (χ0n) is 13.9. The van der Waals surface area contributed by atoms with Crippen LogP contribution in [0.1, 0.15) is 33.1 Å². The molecule has 0 aliphatic heterocycles. The highest BCUT2D eigenvalue weighted by molar-refractivity contribution is 7.59. The molecule has 1 rings (SSSR count). The predicted octanol–water partition coefficient (Wildman–Crippen LogP) is 3.32. The lowest BCUT2D eigenvalue weighted by molar-refractivity contribution is -0.164. The van der Waals surface area contributed by atoms with Crippen LogP contribution in [0.25, 0.3) is 0 Å². The van der Waals surface area contributed by atoms with Crippen molar-refractivity contribution in [3.05, 3.63) is 30.3 Å². The largest absolute Gasteiger partial charge is 0.442 e. The van der Waals surface area contributed by atoms with Crippen LogP contribution in [0.15, 0.2) is 30.3 Å². The van der Waals surface area contributed by atoms with Gasteiger partial charge in [0.2, 0.25) is 0 Å². The zero-order valence-corrected chi connectivity index (χ0v) is 14.8. The van der Waals surface area contributed by atoms with Gasteiger partial charge in [-0.05, 0) is 18.6 Å². The standard InChI is InChI=1S/C16H27N2O4P/c1-3-5-9-12-18(20)16(19)13-17-14-23(21,4-2)22-15-10-7-6-8-11-15/h6-8,10-11,17,20H,3-5,9,12-14H2,1-2H3. The molecule has 0 fully saturated rings. The molecule has 0 aliphatic carbocycles. The van der Waals surface area contributed by atoms with Crippen molar-refractivity contribution < 1.29 is 19.1 Å². The van der Waals surface area contributed by atoms with Crippen molar-refractivity contribution in [1.82, 2.24) is 10.4 Å². The van der Waals surface area contributed by atoms with Gasteiger partial charge in [0.05, 0.1) is 12.8 Å². The summed E-state index contributed by atoms with van der Waals surface area (Å²) in [6.07, 6.45) is 3.21. The average Bonchev–Trinajstić information content (AvgIpc) is 2.55. The third-order valence-corrected chi connectivity index (χ3v) is 5.60. The van der Waals surface area contributed by atoms with Gasteiger partial charge < -0.3 is 4.52 Å². The molecule has 0 aliphatic rings. The Hall–Kier alpha value is -1.36. The minimum atomic E-state index is -2.90. The maximum atomic E-state index is 12.6. The Morgan fingerprint density at radius 2 is 1.96 bits per heavy atom. The maximum absolute atomic E-state index is 12.6. The quantitative estimate of drug-likeness (QED) is 0.279. The monoisotopic (exact) mass is 342 g/mol. The molecule has 1 aromatic carbocycles. The number of nitrogens with zero attached hydrogens (tertiary/aromatic N) is 1. The fraction of sp³-hybridized carbons (Fsp3) is 0.562. The molecule has 1 unspecified atom stereocenters. The second kappa shape index (κ2) is 10.4. The first kappa shape index (κ1) is 19.7. The number of rotatable bonds is 11. The van der Waals surface area contributed by atoms with Gasteiger partial charge in [-0.15, -0.1) is 0 Å². The van der Waals surface area contributed by atoms with Gasteiger partial charge in [-0.2, -0.15) is 0 Å². The van der Waals surface area contributed by atoms with Crippen LogP contribution >= 0.6 is 7.37 Å². The first-order valence-corrected chi connectivity index (χ1v) is 10.0. The fourth-order valence-corrected chi connectivity index (χ4v) is 3.32. The second-order valence-corrected chi connectivity index (χ2v) is 8.10. The number of amides is 1. The van der Waals surface area contributed by atoms with Crippen LogP contribution in [0.3, 0.4) is 0 Å². The minimum Gasteiger partial charge on any atom is -0.442 e. The smallest absolute Gasteiger partial charge is 0.261 e. The summed E-state index contributed by atoms with van der Waals surface area (Å²) in [5.41, 5.74) is 0. The van der Waals surface area contributed by atoms with Gasteiger partial charge >= 0.3 is 0 Å². The number of benzene rings is 1. The molecule has 1 aromatic rings. The molecule has 0 heterocycles. The predicted molar refractivity (Wildman–Crippen MR) is 91.1 cm³/mol. The van der Waals surface area contributed by atoms with Gasteiger partial charge in [0.1, 0.15) is 5.75 Å². The lowest BCUT2D eigenvalue weighted by atomic mass is 10.2. The highest BCUT2D eigenvalue weighted by atomic mass is 31.2. The molecule has 0 aromatic heterocycles. The number of unbranched alkanes of at least 4 members (excludes halogenated alkanes) is 2. The molecule has 2 N–H and O–H groups in total. The van der Waals surface area contributed by atoms with Crippen LogP contribution < -0.4 is 9.84 Å². The lowest BCUT2D eigenvalue weighted by Gasteiger charge is -2.20. The molecule has 7 heteroatoms. The number of hydrogen-bond acceptors (Lipinski definition) is 5. The average molecular weight is 342 g/mol. The summed E-state index contributed by atoms with van der Waals surface area (Å²) in [4.78, 5) is 11.8. The van der Waals surface area contributed by atoms with Crippen LogP contribution in [-0.2, 0) is 9.36 Å². The highest BCUT2D eigenvalue weighted by Crippen LogP contribution is 2.45. The summed E-state index contributed by atoms with van der Waals surface area (Å²) in [5, 5.41) is 13.2.